The van der Waals surface area contributed by atoms with Crippen LogP contribution in [-0.4, -0.2) is 36.9 Å². The molecular weight excluding hydrogens is 425 g/mol. The predicted molar refractivity (Wildman–Crippen MR) is 120 cm³/mol. The Morgan fingerprint density at radius 1 is 1.23 bits per heavy atom. The molecule has 0 saturated carbocycles. The van der Waals surface area contributed by atoms with E-state index in [-0.39, 0.29) is 16.5 Å². The van der Waals surface area contributed by atoms with Crippen LogP contribution in [0.3, 0.4) is 0 Å². The number of hydrogen-bond acceptors (Lipinski definition) is 5. The van der Waals surface area contributed by atoms with Crippen molar-refractivity contribution in [2.75, 3.05) is 24.8 Å². The third kappa shape index (κ3) is 4.44. The van der Waals surface area contributed by atoms with Crippen molar-refractivity contribution in [3.63, 3.8) is 0 Å². The molecule has 3 aromatic rings. The zero-order valence-corrected chi connectivity index (χ0v) is 18.5. The van der Waals surface area contributed by atoms with Gasteiger partial charge in [-0.15, -0.1) is 23.1 Å². The molecule has 3 rings (SSSR count). The van der Waals surface area contributed by atoms with Crippen LogP contribution in [0.2, 0.25) is 0 Å². The molecular formula is C22H22FNO4S2. The summed E-state index contributed by atoms with van der Waals surface area (Å²) >= 11 is 2.41. The Morgan fingerprint density at radius 2 is 1.97 bits per heavy atom. The fraction of sp³-hybridized carbons (Fsp3) is 0.273. The average Bonchev–Trinajstić information content (AvgIpc) is 3.11. The van der Waals surface area contributed by atoms with Gasteiger partial charge in [-0.3, -0.25) is 4.79 Å². The average molecular weight is 448 g/mol. The van der Waals surface area contributed by atoms with Crippen molar-refractivity contribution in [3.8, 4) is 5.75 Å². The van der Waals surface area contributed by atoms with Crippen molar-refractivity contribution in [2.45, 2.75) is 24.7 Å². The van der Waals surface area contributed by atoms with Crippen LogP contribution in [0.4, 0.5) is 10.1 Å². The number of halogens is 1. The zero-order chi connectivity index (χ0) is 21.8. The number of carboxylic acids is 1. The largest absolute Gasteiger partial charge is 0.494 e. The normalized spacial score (nSPS) is 10.9. The van der Waals surface area contributed by atoms with Crippen LogP contribution in [0, 0.1) is 5.82 Å². The summed E-state index contributed by atoms with van der Waals surface area (Å²) in [5, 5.41) is 9.88. The number of para-hydroxylation sites is 1. The number of carbonyl (C=O) groups is 2. The standard InChI is InChI=1S/C22H22FNO4S2/c1-13(25)24(2)15-9-5-4-7-14(15)8-6-12-29-20-18-17(30-21(20)22(26)27)11-10-16(28-3)19(18)23/h4-5,7,9-11H,6,8,12H2,1-3H3,(H,26,27). The quantitative estimate of drug-likeness (QED) is 0.367. The molecule has 1 heterocycles. The fourth-order valence-electron chi connectivity index (χ4n) is 3.20. The van der Waals surface area contributed by atoms with E-state index in [1.54, 1.807) is 18.0 Å². The third-order valence-electron chi connectivity index (χ3n) is 4.79. The van der Waals surface area contributed by atoms with Gasteiger partial charge < -0.3 is 14.7 Å². The van der Waals surface area contributed by atoms with Gasteiger partial charge in [-0.2, -0.15) is 0 Å². The molecule has 0 aliphatic rings. The van der Waals surface area contributed by atoms with E-state index in [9.17, 15) is 19.1 Å². The Balaban J connectivity index is 1.80. The van der Waals surface area contributed by atoms with E-state index in [0.29, 0.717) is 20.7 Å². The van der Waals surface area contributed by atoms with Gasteiger partial charge in [-0.1, -0.05) is 18.2 Å². The lowest BCUT2D eigenvalue weighted by molar-refractivity contribution is -0.116. The first-order valence-electron chi connectivity index (χ1n) is 9.32. The van der Waals surface area contributed by atoms with E-state index in [1.807, 2.05) is 24.3 Å². The Bertz CT molecular complexity index is 1100. The number of benzene rings is 2. The number of thiophene rings is 1. The van der Waals surface area contributed by atoms with Gasteiger partial charge in [0.2, 0.25) is 5.91 Å². The third-order valence-corrected chi connectivity index (χ3v) is 7.25. The number of amides is 1. The van der Waals surface area contributed by atoms with Gasteiger partial charge in [0, 0.05) is 34.6 Å². The molecule has 30 heavy (non-hydrogen) atoms. The monoisotopic (exact) mass is 447 g/mol. The lowest BCUT2D eigenvalue weighted by Crippen LogP contribution is -2.24. The molecule has 1 amide bonds. The minimum Gasteiger partial charge on any atom is -0.494 e. The summed E-state index contributed by atoms with van der Waals surface area (Å²) in [7, 11) is 3.12. The van der Waals surface area contributed by atoms with E-state index in [0.717, 1.165) is 35.4 Å². The van der Waals surface area contributed by atoms with Crippen molar-refractivity contribution in [1.82, 2.24) is 0 Å². The molecule has 0 saturated heterocycles. The Kier molecular flexibility index (Phi) is 6.99. The van der Waals surface area contributed by atoms with Crippen molar-refractivity contribution >= 4 is 50.7 Å². The number of aromatic carboxylic acids is 1. The zero-order valence-electron chi connectivity index (χ0n) is 16.9. The van der Waals surface area contributed by atoms with E-state index >= 15 is 0 Å². The predicted octanol–water partition coefficient (Wildman–Crippen LogP) is 5.45. The Labute approximate surface area is 182 Å². The highest BCUT2D eigenvalue weighted by atomic mass is 32.2. The molecule has 1 N–H and O–H groups in total. The Hall–Kier alpha value is -2.58. The SMILES string of the molecule is COc1ccc2sc(C(=O)O)c(SCCCc3ccccc3N(C)C(C)=O)c2c1F. The summed E-state index contributed by atoms with van der Waals surface area (Å²) in [5.74, 6) is -0.932. The minimum atomic E-state index is -1.06. The number of rotatable bonds is 8. The van der Waals surface area contributed by atoms with Gasteiger partial charge in [0.15, 0.2) is 11.6 Å². The number of anilines is 1. The summed E-state index contributed by atoms with van der Waals surface area (Å²) in [6, 6.07) is 10.9. The molecule has 5 nitrogen and oxygen atoms in total. The first-order chi connectivity index (χ1) is 14.3. The van der Waals surface area contributed by atoms with Crippen molar-refractivity contribution in [2.24, 2.45) is 0 Å². The van der Waals surface area contributed by atoms with Gasteiger partial charge in [-0.05, 0) is 42.4 Å². The molecule has 8 heteroatoms. The number of carboxylic acid groups (broad SMARTS) is 1. The number of carbonyl (C=O) groups excluding carboxylic acids is 1. The lowest BCUT2D eigenvalue weighted by Gasteiger charge is -2.19. The van der Waals surface area contributed by atoms with E-state index in [1.165, 1.54) is 31.9 Å². The topological polar surface area (TPSA) is 66.8 Å². The highest BCUT2D eigenvalue weighted by Crippen LogP contribution is 2.42. The summed E-state index contributed by atoms with van der Waals surface area (Å²) in [5.41, 5.74) is 1.90. The molecule has 2 aromatic carbocycles. The number of methoxy groups -OCH3 is 1. The number of ether oxygens (including phenoxy) is 1. The fourth-order valence-corrected chi connectivity index (χ4v) is 5.55. The van der Waals surface area contributed by atoms with Gasteiger partial charge >= 0.3 is 5.97 Å². The molecule has 0 aliphatic carbocycles. The second kappa shape index (κ2) is 9.49. The molecule has 0 fully saturated rings. The second-order valence-electron chi connectivity index (χ2n) is 6.68. The number of nitrogens with zero attached hydrogens (tertiary/aromatic N) is 1. The van der Waals surface area contributed by atoms with Crippen LogP contribution < -0.4 is 9.64 Å². The molecule has 1 aromatic heterocycles. The molecule has 0 atom stereocenters. The van der Waals surface area contributed by atoms with Crippen LogP contribution in [-0.2, 0) is 11.2 Å². The molecule has 158 valence electrons. The highest BCUT2D eigenvalue weighted by Gasteiger charge is 2.22. The highest BCUT2D eigenvalue weighted by molar-refractivity contribution is 7.99. The number of thioether (sulfide) groups is 1. The van der Waals surface area contributed by atoms with Gasteiger partial charge in [0.1, 0.15) is 4.88 Å². The van der Waals surface area contributed by atoms with Crippen LogP contribution >= 0.6 is 23.1 Å². The first-order valence-corrected chi connectivity index (χ1v) is 11.1. The van der Waals surface area contributed by atoms with Crippen LogP contribution in [0.5, 0.6) is 5.75 Å². The summed E-state index contributed by atoms with van der Waals surface area (Å²) in [6.07, 6.45) is 1.46. The van der Waals surface area contributed by atoms with E-state index < -0.39 is 11.8 Å². The number of hydrogen-bond donors (Lipinski definition) is 1. The molecule has 0 radical (unpaired) electrons. The maximum Gasteiger partial charge on any atom is 0.347 e. The van der Waals surface area contributed by atoms with Crippen molar-refractivity contribution in [3.05, 3.63) is 52.7 Å². The lowest BCUT2D eigenvalue weighted by atomic mass is 10.1. The summed E-state index contributed by atoms with van der Waals surface area (Å²) < 4.78 is 20.5. The van der Waals surface area contributed by atoms with Crippen molar-refractivity contribution in [1.29, 1.82) is 0 Å². The van der Waals surface area contributed by atoms with Gasteiger partial charge in [0.25, 0.3) is 0 Å². The van der Waals surface area contributed by atoms with Gasteiger partial charge in [-0.25, -0.2) is 9.18 Å². The minimum absolute atomic E-state index is 0.0444. The number of fused-ring (bicyclic) bond motifs is 1. The molecule has 0 unspecified atom stereocenters. The summed E-state index contributed by atoms with van der Waals surface area (Å²) in [4.78, 5) is 25.6. The molecule has 0 aliphatic heterocycles. The van der Waals surface area contributed by atoms with Crippen LogP contribution in [0.15, 0.2) is 41.3 Å². The molecule has 0 spiro atoms. The maximum absolute atomic E-state index is 14.8. The number of aryl methyl sites for hydroxylation is 1. The van der Waals surface area contributed by atoms with Gasteiger partial charge in [0.05, 0.1) is 7.11 Å². The van der Waals surface area contributed by atoms with Crippen LogP contribution in [0.25, 0.3) is 10.1 Å². The van der Waals surface area contributed by atoms with E-state index in [4.69, 9.17) is 4.74 Å². The first kappa shape index (κ1) is 22.1. The second-order valence-corrected chi connectivity index (χ2v) is 8.84. The molecule has 0 bridgehead atoms. The van der Waals surface area contributed by atoms with Crippen molar-refractivity contribution < 1.29 is 23.8 Å². The Morgan fingerprint density at radius 3 is 2.63 bits per heavy atom. The smallest absolute Gasteiger partial charge is 0.347 e. The summed E-state index contributed by atoms with van der Waals surface area (Å²) in [6.45, 7) is 1.52. The van der Waals surface area contributed by atoms with E-state index in [2.05, 4.69) is 0 Å². The van der Waals surface area contributed by atoms with Crippen LogP contribution in [0.1, 0.15) is 28.6 Å². The maximum atomic E-state index is 14.8.